The minimum absolute atomic E-state index is 0.0584. The molecule has 0 fully saturated rings. The molecule has 1 aliphatic carbocycles. The minimum atomic E-state index is -0.0584. The van der Waals surface area contributed by atoms with Crippen LogP contribution in [0.4, 0.5) is 0 Å². The zero-order valence-electron chi connectivity index (χ0n) is 14.7. The van der Waals surface area contributed by atoms with Gasteiger partial charge in [0.2, 0.25) is 5.91 Å². The molecule has 8 heteroatoms. The van der Waals surface area contributed by atoms with Crippen molar-refractivity contribution in [1.82, 2.24) is 15.3 Å². The average Bonchev–Trinajstić information content (AvgIpc) is 2.83. The lowest BCUT2D eigenvalue weighted by Gasteiger charge is -2.18. The molecule has 0 bridgehead atoms. The largest absolute Gasteiger partial charge is 0.495 e. The van der Waals surface area contributed by atoms with Crippen LogP contribution in [0.1, 0.15) is 18.4 Å². The molecule has 0 aromatic carbocycles. The van der Waals surface area contributed by atoms with Crippen LogP contribution in [0.15, 0.2) is 59.2 Å². The number of aromatic nitrogens is 1. The number of nitrogens with one attached hydrogen (secondary N) is 1. The first-order valence-corrected chi connectivity index (χ1v) is 8.29. The molecule has 7 nitrogen and oxygen atoms in total. The van der Waals surface area contributed by atoms with Gasteiger partial charge in [-0.1, -0.05) is 29.3 Å². The fourth-order valence-electron chi connectivity index (χ4n) is 2.31. The zero-order chi connectivity index (χ0) is 19.1. The van der Waals surface area contributed by atoms with Crippen molar-refractivity contribution in [2.45, 2.75) is 12.8 Å². The standard InChI is InChI=1S/C18H22ClN5O2/c1-22-18(25)7-12-3-5-15(19)17(6-4-12)24(21)11-16(20)13-8-14(26-2)10-23-9-13/h3,5-6,8-11H,4,7,20-21H2,1-2H3,(H,22,25)/b16-11-. The van der Waals surface area contributed by atoms with E-state index in [-0.39, 0.29) is 5.91 Å². The normalized spacial score (nSPS) is 14.6. The monoisotopic (exact) mass is 375 g/mol. The summed E-state index contributed by atoms with van der Waals surface area (Å²) in [4.78, 5) is 15.6. The predicted octanol–water partition coefficient (Wildman–Crippen LogP) is 2.00. The highest BCUT2D eigenvalue weighted by molar-refractivity contribution is 6.32. The molecule has 1 aromatic heterocycles. The molecule has 1 aromatic rings. The number of rotatable bonds is 6. The van der Waals surface area contributed by atoms with E-state index in [9.17, 15) is 4.79 Å². The minimum Gasteiger partial charge on any atom is -0.495 e. The quantitative estimate of drug-likeness (QED) is 0.518. The van der Waals surface area contributed by atoms with E-state index in [1.54, 1.807) is 44.9 Å². The van der Waals surface area contributed by atoms with Gasteiger partial charge in [0.15, 0.2) is 0 Å². The van der Waals surface area contributed by atoms with Crippen LogP contribution in [-0.4, -0.2) is 30.1 Å². The van der Waals surface area contributed by atoms with Crippen LogP contribution < -0.4 is 21.6 Å². The Morgan fingerprint density at radius 1 is 1.46 bits per heavy atom. The number of amides is 1. The molecule has 0 spiro atoms. The van der Waals surface area contributed by atoms with Crippen molar-refractivity contribution in [2.75, 3.05) is 14.2 Å². The molecule has 0 saturated heterocycles. The van der Waals surface area contributed by atoms with E-state index in [0.29, 0.717) is 40.6 Å². The molecule has 26 heavy (non-hydrogen) atoms. The molecule has 0 aliphatic heterocycles. The molecule has 0 unspecified atom stereocenters. The number of carbonyl (C=O) groups is 1. The van der Waals surface area contributed by atoms with Gasteiger partial charge < -0.3 is 15.8 Å². The number of ether oxygens (including phenoxy) is 1. The Bertz CT molecular complexity index is 799. The molecule has 0 radical (unpaired) electrons. The SMILES string of the molecule is CNC(=O)CC1=CC=C(Cl)C(N(N)/C=C(\N)c2cncc(OC)c2)=CC1. The Balaban J connectivity index is 2.18. The van der Waals surface area contributed by atoms with Gasteiger partial charge in [-0.3, -0.25) is 14.8 Å². The topological polar surface area (TPSA) is 106 Å². The van der Waals surface area contributed by atoms with Crippen molar-refractivity contribution in [3.63, 3.8) is 0 Å². The molecule has 0 atom stereocenters. The summed E-state index contributed by atoms with van der Waals surface area (Å²) in [5, 5.41) is 4.40. The van der Waals surface area contributed by atoms with Crippen molar-refractivity contribution in [3.8, 4) is 5.75 Å². The number of methoxy groups -OCH3 is 1. The summed E-state index contributed by atoms with van der Waals surface area (Å²) in [5.41, 5.74) is 8.71. The van der Waals surface area contributed by atoms with E-state index < -0.39 is 0 Å². The summed E-state index contributed by atoms with van der Waals surface area (Å²) < 4.78 is 5.14. The third-order valence-corrected chi connectivity index (χ3v) is 4.09. The number of hydrogen-bond acceptors (Lipinski definition) is 6. The van der Waals surface area contributed by atoms with E-state index in [1.807, 2.05) is 12.2 Å². The number of allylic oxidation sites excluding steroid dienone is 4. The smallest absolute Gasteiger partial charge is 0.223 e. The van der Waals surface area contributed by atoms with E-state index in [1.165, 1.54) is 5.01 Å². The molecular formula is C18H22ClN5O2. The van der Waals surface area contributed by atoms with Gasteiger partial charge in [0.05, 0.1) is 29.7 Å². The molecule has 1 heterocycles. The fraction of sp³-hybridized carbons (Fsp3) is 0.222. The second-order valence-corrected chi connectivity index (χ2v) is 6.00. The van der Waals surface area contributed by atoms with Crippen LogP contribution in [0.25, 0.3) is 5.70 Å². The first-order chi connectivity index (χ1) is 12.4. The Morgan fingerprint density at radius 2 is 2.23 bits per heavy atom. The second-order valence-electron chi connectivity index (χ2n) is 5.59. The summed E-state index contributed by atoms with van der Waals surface area (Å²) in [5.74, 6) is 6.66. The van der Waals surface area contributed by atoms with Gasteiger partial charge in [-0.25, -0.2) is 5.84 Å². The first-order valence-electron chi connectivity index (χ1n) is 7.91. The summed E-state index contributed by atoms with van der Waals surface area (Å²) in [6, 6.07) is 1.76. The zero-order valence-corrected chi connectivity index (χ0v) is 15.5. The summed E-state index contributed by atoms with van der Waals surface area (Å²) in [7, 11) is 3.16. The lowest BCUT2D eigenvalue weighted by molar-refractivity contribution is -0.119. The maximum Gasteiger partial charge on any atom is 0.223 e. The fourth-order valence-corrected chi connectivity index (χ4v) is 2.54. The van der Waals surface area contributed by atoms with Crippen molar-refractivity contribution in [3.05, 3.63) is 64.8 Å². The van der Waals surface area contributed by atoms with Crippen molar-refractivity contribution in [1.29, 1.82) is 0 Å². The van der Waals surface area contributed by atoms with Crippen LogP contribution in [-0.2, 0) is 4.79 Å². The van der Waals surface area contributed by atoms with Crippen LogP contribution in [0.5, 0.6) is 5.75 Å². The number of carbonyl (C=O) groups excluding carboxylic acids is 1. The number of halogens is 1. The number of nitrogens with two attached hydrogens (primary N) is 2. The summed E-state index contributed by atoms with van der Waals surface area (Å²) in [6.45, 7) is 0. The third kappa shape index (κ3) is 5.11. The predicted molar refractivity (Wildman–Crippen MR) is 102 cm³/mol. The maximum atomic E-state index is 11.5. The lowest BCUT2D eigenvalue weighted by Crippen LogP contribution is -2.26. The molecule has 2 rings (SSSR count). The lowest BCUT2D eigenvalue weighted by atomic mass is 10.1. The van der Waals surface area contributed by atoms with Crippen LogP contribution in [0, 0.1) is 0 Å². The van der Waals surface area contributed by atoms with E-state index in [0.717, 1.165) is 5.57 Å². The Labute approximate surface area is 157 Å². The summed E-state index contributed by atoms with van der Waals surface area (Å²) >= 11 is 6.32. The molecule has 1 amide bonds. The van der Waals surface area contributed by atoms with E-state index >= 15 is 0 Å². The third-order valence-electron chi connectivity index (χ3n) is 3.77. The Morgan fingerprint density at radius 3 is 2.92 bits per heavy atom. The highest BCUT2D eigenvalue weighted by Gasteiger charge is 2.13. The molecule has 0 saturated carbocycles. The number of nitrogens with zero attached hydrogens (tertiary/aromatic N) is 2. The number of pyridine rings is 1. The number of hydrazine groups is 1. The number of hydrogen-bond donors (Lipinski definition) is 3. The average molecular weight is 376 g/mol. The van der Waals surface area contributed by atoms with Gasteiger partial charge in [-0.05, 0) is 18.6 Å². The molecule has 138 valence electrons. The van der Waals surface area contributed by atoms with Crippen LogP contribution >= 0.6 is 11.6 Å². The van der Waals surface area contributed by atoms with Crippen molar-refractivity contribution < 1.29 is 9.53 Å². The molecule has 5 N–H and O–H groups in total. The highest BCUT2D eigenvalue weighted by atomic mass is 35.5. The maximum absolute atomic E-state index is 11.5. The van der Waals surface area contributed by atoms with Crippen molar-refractivity contribution in [2.24, 2.45) is 11.6 Å². The molecular weight excluding hydrogens is 354 g/mol. The van der Waals surface area contributed by atoms with Crippen LogP contribution in [0.3, 0.4) is 0 Å². The van der Waals surface area contributed by atoms with Gasteiger partial charge >= 0.3 is 0 Å². The van der Waals surface area contributed by atoms with Gasteiger partial charge in [-0.2, -0.15) is 0 Å². The van der Waals surface area contributed by atoms with Crippen LogP contribution in [0.2, 0.25) is 0 Å². The highest BCUT2D eigenvalue weighted by Crippen LogP contribution is 2.25. The summed E-state index contributed by atoms with van der Waals surface area (Å²) in [6.07, 6.45) is 11.0. The van der Waals surface area contributed by atoms with Gasteiger partial charge in [0, 0.05) is 31.4 Å². The van der Waals surface area contributed by atoms with E-state index in [4.69, 9.17) is 27.9 Å². The van der Waals surface area contributed by atoms with Gasteiger partial charge in [0.1, 0.15) is 5.75 Å². The van der Waals surface area contributed by atoms with E-state index in [2.05, 4.69) is 10.3 Å². The second kappa shape index (κ2) is 9.07. The van der Waals surface area contributed by atoms with Crippen molar-refractivity contribution >= 4 is 23.2 Å². The van der Waals surface area contributed by atoms with Gasteiger partial charge in [-0.15, -0.1) is 0 Å². The Hall–Kier alpha value is -2.77. The Kier molecular flexibility index (Phi) is 6.82. The van der Waals surface area contributed by atoms with Gasteiger partial charge in [0.25, 0.3) is 0 Å². The molecule has 1 aliphatic rings. The first kappa shape index (κ1) is 19.6.